The second-order valence-electron chi connectivity index (χ2n) is 11.2. The number of aromatic nitrogens is 4. The molecule has 11 nitrogen and oxygen atoms in total. The molecular weight excluding hydrogens is 559 g/mol. The Morgan fingerprint density at radius 1 is 1.14 bits per heavy atom. The van der Waals surface area contributed by atoms with Crippen molar-refractivity contribution in [3.05, 3.63) is 52.5 Å². The third-order valence-corrected chi connectivity index (χ3v) is 8.43. The molecule has 13 heteroatoms. The highest BCUT2D eigenvalue weighted by Gasteiger charge is 2.25. The summed E-state index contributed by atoms with van der Waals surface area (Å²) < 4.78 is 21.7. The first-order valence-corrected chi connectivity index (χ1v) is 15.5. The summed E-state index contributed by atoms with van der Waals surface area (Å²) >= 11 is 1.72. The zero-order chi connectivity index (χ0) is 29.5. The number of anilines is 1. The Kier molecular flexibility index (Phi) is 10.0. The maximum Gasteiger partial charge on any atom is 0.255 e. The summed E-state index contributed by atoms with van der Waals surface area (Å²) in [6, 6.07) is 3.04. The van der Waals surface area contributed by atoms with Crippen molar-refractivity contribution in [2.45, 2.75) is 58.7 Å². The molecule has 2 amide bonds. The van der Waals surface area contributed by atoms with Gasteiger partial charge in [-0.25, -0.2) is 14.1 Å². The molecule has 1 fully saturated rings. The molecule has 0 radical (unpaired) electrons. The molecule has 0 spiro atoms. The highest BCUT2D eigenvalue weighted by Crippen LogP contribution is 2.27. The number of hydrogen-bond donors (Lipinski definition) is 2. The number of halogens is 1. The van der Waals surface area contributed by atoms with Crippen LogP contribution in [0.25, 0.3) is 0 Å². The number of fused-ring (bicyclic) bond motifs is 3. The molecule has 1 aromatic carbocycles. The third-order valence-electron chi connectivity index (χ3n) is 7.39. The number of thiazole rings is 1. The zero-order valence-electron chi connectivity index (χ0n) is 24.2. The van der Waals surface area contributed by atoms with Gasteiger partial charge in [0.1, 0.15) is 24.2 Å². The Labute approximate surface area is 249 Å². The number of benzene rings is 1. The van der Waals surface area contributed by atoms with Crippen molar-refractivity contribution >= 4 is 28.3 Å². The minimum atomic E-state index is -0.768. The monoisotopic (exact) mass is 598 g/mol. The average Bonchev–Trinajstić information content (AvgIpc) is 3.74. The molecule has 2 aliphatic rings. The number of nitrogens with zero attached hydrogens (tertiary/aromatic N) is 6. The Morgan fingerprint density at radius 3 is 2.79 bits per heavy atom. The van der Waals surface area contributed by atoms with Crippen LogP contribution in [0.2, 0.25) is 0 Å². The van der Waals surface area contributed by atoms with Gasteiger partial charge in [0.05, 0.1) is 17.8 Å². The van der Waals surface area contributed by atoms with E-state index in [1.54, 1.807) is 16.0 Å². The maximum atomic E-state index is 14.1. The van der Waals surface area contributed by atoms with Gasteiger partial charge in [0.2, 0.25) is 5.91 Å². The number of ether oxygens (including phenoxy) is 1. The summed E-state index contributed by atoms with van der Waals surface area (Å²) in [7, 11) is 0. The molecule has 4 heterocycles. The number of carbonyl (C=O) groups is 2. The van der Waals surface area contributed by atoms with Crippen molar-refractivity contribution in [3.8, 4) is 5.75 Å². The Morgan fingerprint density at radius 2 is 1.98 bits per heavy atom. The normalized spacial score (nSPS) is 19.5. The van der Waals surface area contributed by atoms with Crippen LogP contribution >= 0.6 is 11.3 Å². The molecule has 2 aliphatic heterocycles. The summed E-state index contributed by atoms with van der Waals surface area (Å²) in [5, 5.41) is 15.4. The number of nitrogens with one attached hydrogen (secondary N) is 2. The minimum absolute atomic E-state index is 0.0426. The molecule has 42 heavy (non-hydrogen) atoms. The molecule has 2 bridgehead atoms. The Hall–Kier alpha value is -3.58. The van der Waals surface area contributed by atoms with Crippen LogP contribution in [0.4, 0.5) is 9.52 Å². The van der Waals surface area contributed by atoms with Crippen molar-refractivity contribution in [2.24, 2.45) is 5.92 Å². The minimum Gasteiger partial charge on any atom is -0.491 e. The first-order valence-electron chi connectivity index (χ1n) is 14.7. The van der Waals surface area contributed by atoms with E-state index in [1.807, 2.05) is 26.2 Å². The van der Waals surface area contributed by atoms with Crippen LogP contribution in [-0.4, -0.2) is 82.1 Å². The van der Waals surface area contributed by atoms with Crippen molar-refractivity contribution in [3.63, 3.8) is 0 Å². The largest absolute Gasteiger partial charge is 0.491 e. The van der Waals surface area contributed by atoms with Gasteiger partial charge in [-0.3, -0.25) is 14.5 Å². The fourth-order valence-electron chi connectivity index (χ4n) is 5.20. The van der Waals surface area contributed by atoms with E-state index in [1.165, 1.54) is 29.9 Å². The van der Waals surface area contributed by atoms with Crippen LogP contribution in [-0.2, 0) is 24.3 Å². The summed E-state index contributed by atoms with van der Waals surface area (Å²) in [6.07, 6.45) is 7.39. The number of hydrogen-bond acceptors (Lipinski definition) is 9. The van der Waals surface area contributed by atoms with E-state index in [0.29, 0.717) is 39.0 Å². The Bertz CT molecular complexity index is 1360. The lowest BCUT2D eigenvalue weighted by molar-refractivity contribution is -0.123. The van der Waals surface area contributed by atoms with Crippen LogP contribution in [0.5, 0.6) is 5.75 Å². The average molecular weight is 599 g/mol. The van der Waals surface area contributed by atoms with E-state index >= 15 is 0 Å². The van der Waals surface area contributed by atoms with Crippen molar-refractivity contribution in [2.75, 3.05) is 44.2 Å². The third kappa shape index (κ3) is 8.03. The quantitative estimate of drug-likeness (QED) is 0.461. The molecule has 226 valence electrons. The summed E-state index contributed by atoms with van der Waals surface area (Å²) in [5.41, 5.74) is 0.895. The number of carbonyl (C=O) groups excluding carboxylic acids is 2. The molecule has 2 aromatic heterocycles. The maximum absolute atomic E-state index is 14.1. The molecule has 0 aliphatic carbocycles. The fraction of sp³-hybridized carbons (Fsp3) is 0.552. The van der Waals surface area contributed by atoms with Crippen LogP contribution < -0.4 is 20.3 Å². The van der Waals surface area contributed by atoms with Gasteiger partial charge in [-0.15, -0.1) is 16.4 Å². The van der Waals surface area contributed by atoms with Crippen molar-refractivity contribution in [1.29, 1.82) is 0 Å². The number of amides is 2. The van der Waals surface area contributed by atoms with Gasteiger partial charge < -0.3 is 20.3 Å². The van der Waals surface area contributed by atoms with Crippen LogP contribution in [0.3, 0.4) is 0 Å². The predicted octanol–water partition coefficient (Wildman–Crippen LogP) is 2.87. The predicted molar refractivity (Wildman–Crippen MR) is 158 cm³/mol. The van der Waals surface area contributed by atoms with Gasteiger partial charge in [0.25, 0.3) is 5.91 Å². The molecule has 1 atom stereocenters. The lowest BCUT2D eigenvalue weighted by atomic mass is 10.0. The first kappa shape index (κ1) is 29.9. The highest BCUT2D eigenvalue weighted by molar-refractivity contribution is 7.15. The molecule has 0 unspecified atom stereocenters. The highest BCUT2D eigenvalue weighted by atomic mass is 32.1. The molecule has 2 N–H and O–H groups in total. The van der Waals surface area contributed by atoms with Gasteiger partial charge in [0.15, 0.2) is 5.13 Å². The summed E-state index contributed by atoms with van der Waals surface area (Å²) in [4.78, 5) is 37.0. The molecule has 5 rings (SSSR count). The van der Waals surface area contributed by atoms with Gasteiger partial charge in [0, 0.05) is 63.0 Å². The first-order chi connectivity index (χ1) is 20.3. The lowest BCUT2D eigenvalue weighted by Crippen LogP contribution is -2.49. The zero-order valence-corrected chi connectivity index (χ0v) is 25.0. The van der Waals surface area contributed by atoms with Crippen LogP contribution in [0, 0.1) is 11.7 Å². The molecule has 1 saturated heterocycles. The van der Waals surface area contributed by atoms with Gasteiger partial charge in [-0.2, -0.15) is 0 Å². The topological polar surface area (TPSA) is 118 Å². The van der Waals surface area contributed by atoms with Gasteiger partial charge in [-0.05, 0) is 43.4 Å². The standard InChI is InChI=1S/C29H39FN8O3S/c1-20(2)15-25-28(40)31-8-12-36(19-23-17-32-29(42-23)37-9-3-4-10-37)11-7-22-18-38(35-34-22)13-14-41-26-6-5-21(30)16-24(26)27(39)33-25/h5-6,16-18,20,25H,3-4,7-15,19H2,1-2H3,(H,31,40)(H,33,39)/t25-/m1/s1. The van der Waals surface area contributed by atoms with Crippen molar-refractivity contribution < 1.29 is 18.7 Å². The van der Waals surface area contributed by atoms with Crippen molar-refractivity contribution in [1.82, 2.24) is 35.5 Å². The smallest absolute Gasteiger partial charge is 0.255 e. The van der Waals surface area contributed by atoms with Gasteiger partial charge >= 0.3 is 0 Å². The summed E-state index contributed by atoms with van der Waals surface area (Å²) in [5.74, 6) is -0.996. The Balaban J connectivity index is 1.33. The van der Waals surface area contributed by atoms with E-state index in [9.17, 15) is 14.0 Å². The molecule has 0 saturated carbocycles. The van der Waals surface area contributed by atoms with E-state index in [2.05, 4.69) is 35.7 Å². The lowest BCUT2D eigenvalue weighted by Gasteiger charge is -2.24. The number of rotatable bonds is 5. The van der Waals surface area contributed by atoms with Crippen LogP contribution in [0.15, 0.2) is 30.6 Å². The van der Waals surface area contributed by atoms with Crippen LogP contribution in [0.1, 0.15) is 54.0 Å². The SMILES string of the molecule is CC(C)C[C@H]1NC(=O)c2cc(F)ccc2OCCn2cc(nn2)CCN(Cc2cnc(N3CCCC3)s2)CCNC1=O. The molecular formula is C29H39FN8O3S. The van der Waals surface area contributed by atoms with Gasteiger partial charge in [-0.1, -0.05) is 19.1 Å². The summed E-state index contributed by atoms with van der Waals surface area (Å²) in [6.45, 7) is 9.16. The van der Waals surface area contributed by atoms with E-state index in [-0.39, 0.29) is 29.7 Å². The van der Waals surface area contributed by atoms with E-state index in [0.717, 1.165) is 36.5 Å². The fourth-order valence-corrected chi connectivity index (χ4v) is 6.21. The second-order valence-corrected chi connectivity index (χ2v) is 12.3. The second kappa shape index (κ2) is 14.1. The molecule has 3 aromatic rings. The van der Waals surface area contributed by atoms with E-state index < -0.39 is 17.8 Å². The van der Waals surface area contributed by atoms with E-state index in [4.69, 9.17) is 4.74 Å².